The second-order valence-electron chi connectivity index (χ2n) is 4.51. The van der Waals surface area contributed by atoms with Crippen LogP contribution in [0, 0.1) is 3.57 Å². The zero-order valence-corrected chi connectivity index (χ0v) is 13.1. The van der Waals surface area contributed by atoms with Gasteiger partial charge in [-0.2, -0.15) is 0 Å². The number of esters is 1. The van der Waals surface area contributed by atoms with Crippen LogP contribution in [0.4, 0.5) is 0 Å². The summed E-state index contributed by atoms with van der Waals surface area (Å²) >= 11 is 2.27. The van der Waals surface area contributed by atoms with Crippen LogP contribution in [0.3, 0.4) is 0 Å². The zero-order chi connectivity index (χ0) is 14.0. The summed E-state index contributed by atoms with van der Waals surface area (Å²) in [4.78, 5) is 11.6. The van der Waals surface area contributed by atoms with Crippen molar-refractivity contribution in [3.05, 3.63) is 57.7 Å². The van der Waals surface area contributed by atoms with Gasteiger partial charge in [0.1, 0.15) is 6.10 Å². The van der Waals surface area contributed by atoms with Crippen LogP contribution in [-0.4, -0.2) is 5.97 Å². The van der Waals surface area contributed by atoms with E-state index in [2.05, 4.69) is 47.4 Å². The lowest BCUT2D eigenvalue weighted by Gasteiger charge is -2.17. The Morgan fingerprint density at radius 3 is 2.63 bits per heavy atom. The summed E-state index contributed by atoms with van der Waals surface area (Å²) in [7, 11) is 0. The summed E-state index contributed by atoms with van der Waals surface area (Å²) in [6.07, 6.45) is -0.290. The van der Waals surface area contributed by atoms with Crippen LogP contribution in [0.25, 0.3) is 10.8 Å². The SMILES string of the molecule is C=C(C)C(=O)OC(C)c1c(I)ccc2ccccc12. The van der Waals surface area contributed by atoms with Gasteiger partial charge in [-0.3, -0.25) is 0 Å². The molecule has 0 aliphatic carbocycles. The molecule has 0 aromatic heterocycles. The van der Waals surface area contributed by atoms with Gasteiger partial charge < -0.3 is 4.74 Å². The average Bonchev–Trinajstić information content (AvgIpc) is 2.38. The summed E-state index contributed by atoms with van der Waals surface area (Å²) in [5.41, 5.74) is 1.47. The second-order valence-corrected chi connectivity index (χ2v) is 5.67. The molecule has 1 unspecified atom stereocenters. The number of hydrogen-bond acceptors (Lipinski definition) is 2. The van der Waals surface area contributed by atoms with E-state index in [1.807, 2.05) is 25.1 Å². The lowest BCUT2D eigenvalue weighted by molar-refractivity contribution is -0.143. The van der Waals surface area contributed by atoms with Crippen LogP contribution < -0.4 is 0 Å². The fourth-order valence-electron chi connectivity index (χ4n) is 2.00. The van der Waals surface area contributed by atoms with Crippen molar-refractivity contribution >= 4 is 39.3 Å². The predicted molar refractivity (Wildman–Crippen MR) is 86.0 cm³/mol. The van der Waals surface area contributed by atoms with Crippen molar-refractivity contribution in [2.24, 2.45) is 0 Å². The van der Waals surface area contributed by atoms with Gasteiger partial charge in [-0.05, 0) is 53.3 Å². The normalized spacial score (nSPS) is 12.2. The highest BCUT2D eigenvalue weighted by Gasteiger charge is 2.17. The summed E-state index contributed by atoms with van der Waals surface area (Å²) in [5, 5.41) is 2.27. The van der Waals surface area contributed by atoms with E-state index in [9.17, 15) is 4.79 Å². The number of fused-ring (bicyclic) bond motifs is 1. The number of carbonyl (C=O) groups excluding carboxylic acids is 1. The van der Waals surface area contributed by atoms with Gasteiger partial charge in [0, 0.05) is 14.7 Å². The quantitative estimate of drug-likeness (QED) is 0.450. The van der Waals surface area contributed by atoms with E-state index in [0.717, 1.165) is 19.9 Å². The minimum atomic E-state index is -0.351. The molecule has 0 bridgehead atoms. The molecule has 0 amide bonds. The molecule has 2 nitrogen and oxygen atoms in total. The predicted octanol–water partition coefficient (Wildman–Crippen LogP) is 4.62. The highest BCUT2D eigenvalue weighted by molar-refractivity contribution is 14.1. The maximum Gasteiger partial charge on any atom is 0.333 e. The molecule has 3 heteroatoms. The third kappa shape index (κ3) is 2.97. The fourth-order valence-corrected chi connectivity index (χ4v) is 2.91. The lowest BCUT2D eigenvalue weighted by Crippen LogP contribution is -2.10. The second kappa shape index (κ2) is 5.74. The minimum Gasteiger partial charge on any atom is -0.454 e. The van der Waals surface area contributed by atoms with Gasteiger partial charge in [-0.15, -0.1) is 0 Å². The molecule has 0 saturated carbocycles. The number of halogens is 1. The van der Waals surface area contributed by atoms with Crippen molar-refractivity contribution in [2.75, 3.05) is 0 Å². The van der Waals surface area contributed by atoms with Gasteiger partial charge in [0.25, 0.3) is 0 Å². The molecule has 0 radical (unpaired) electrons. The van der Waals surface area contributed by atoms with Crippen LogP contribution >= 0.6 is 22.6 Å². The molecule has 2 aromatic rings. The van der Waals surface area contributed by atoms with E-state index < -0.39 is 0 Å². The largest absolute Gasteiger partial charge is 0.454 e. The first kappa shape index (κ1) is 14.1. The Balaban J connectivity index is 2.46. The van der Waals surface area contributed by atoms with E-state index in [-0.39, 0.29) is 12.1 Å². The molecule has 2 aromatic carbocycles. The van der Waals surface area contributed by atoms with E-state index in [1.165, 1.54) is 0 Å². The van der Waals surface area contributed by atoms with Crippen molar-refractivity contribution in [1.82, 2.24) is 0 Å². The number of ether oxygens (including phenoxy) is 1. The molecule has 0 N–H and O–H groups in total. The summed E-state index contributed by atoms with van der Waals surface area (Å²) in [6.45, 7) is 7.16. The maximum absolute atomic E-state index is 11.6. The van der Waals surface area contributed by atoms with E-state index >= 15 is 0 Å². The summed E-state index contributed by atoms with van der Waals surface area (Å²) < 4.78 is 6.54. The lowest BCUT2D eigenvalue weighted by atomic mass is 10.0. The molecule has 2 rings (SSSR count). The molecular formula is C16H15IO2. The van der Waals surface area contributed by atoms with Crippen LogP contribution in [-0.2, 0) is 9.53 Å². The number of benzene rings is 2. The fraction of sp³-hybridized carbons (Fsp3) is 0.188. The Labute approximate surface area is 126 Å². The van der Waals surface area contributed by atoms with Gasteiger partial charge in [0.15, 0.2) is 0 Å². The Kier molecular flexibility index (Phi) is 4.24. The highest BCUT2D eigenvalue weighted by atomic mass is 127. The van der Waals surface area contributed by atoms with Crippen LogP contribution in [0.1, 0.15) is 25.5 Å². The average molecular weight is 366 g/mol. The van der Waals surface area contributed by atoms with Crippen molar-refractivity contribution in [3.63, 3.8) is 0 Å². The molecule has 0 heterocycles. The van der Waals surface area contributed by atoms with Gasteiger partial charge in [0.05, 0.1) is 0 Å². The smallest absolute Gasteiger partial charge is 0.333 e. The van der Waals surface area contributed by atoms with Crippen LogP contribution in [0.5, 0.6) is 0 Å². The van der Waals surface area contributed by atoms with Gasteiger partial charge in [-0.1, -0.05) is 36.9 Å². The van der Waals surface area contributed by atoms with Gasteiger partial charge >= 0.3 is 5.97 Å². The third-order valence-electron chi connectivity index (χ3n) is 2.96. The highest BCUT2D eigenvalue weighted by Crippen LogP contribution is 2.31. The van der Waals surface area contributed by atoms with E-state index in [1.54, 1.807) is 6.92 Å². The number of hydrogen-bond donors (Lipinski definition) is 0. The molecule has 19 heavy (non-hydrogen) atoms. The Bertz CT molecular complexity index is 646. The zero-order valence-electron chi connectivity index (χ0n) is 10.9. The van der Waals surface area contributed by atoms with E-state index in [4.69, 9.17) is 4.74 Å². The first-order valence-electron chi connectivity index (χ1n) is 6.04. The molecular weight excluding hydrogens is 351 g/mol. The minimum absolute atomic E-state index is 0.290. The number of carbonyl (C=O) groups is 1. The van der Waals surface area contributed by atoms with Crippen molar-refractivity contribution in [2.45, 2.75) is 20.0 Å². The molecule has 0 aliphatic heterocycles. The molecule has 0 fully saturated rings. The van der Waals surface area contributed by atoms with Crippen molar-refractivity contribution in [1.29, 1.82) is 0 Å². The van der Waals surface area contributed by atoms with Gasteiger partial charge in [0.2, 0.25) is 0 Å². The van der Waals surface area contributed by atoms with Gasteiger partial charge in [-0.25, -0.2) is 4.79 Å². The topological polar surface area (TPSA) is 26.3 Å². The maximum atomic E-state index is 11.6. The Morgan fingerprint density at radius 2 is 1.95 bits per heavy atom. The first-order chi connectivity index (χ1) is 9.00. The Hall–Kier alpha value is -1.36. The molecule has 1 atom stereocenters. The first-order valence-corrected chi connectivity index (χ1v) is 7.12. The van der Waals surface area contributed by atoms with Crippen molar-refractivity contribution in [3.8, 4) is 0 Å². The van der Waals surface area contributed by atoms with Crippen LogP contribution in [0.15, 0.2) is 48.6 Å². The summed E-state index contributed by atoms with van der Waals surface area (Å²) in [5.74, 6) is -0.351. The molecule has 0 aliphatic rings. The molecule has 98 valence electrons. The standard InChI is InChI=1S/C16H15IO2/c1-10(2)16(18)19-11(3)15-13-7-5-4-6-12(13)8-9-14(15)17/h4-9,11H,1H2,2-3H3. The monoisotopic (exact) mass is 366 g/mol. The third-order valence-corrected chi connectivity index (χ3v) is 3.90. The molecule has 0 spiro atoms. The van der Waals surface area contributed by atoms with Crippen LogP contribution in [0.2, 0.25) is 0 Å². The van der Waals surface area contributed by atoms with E-state index in [0.29, 0.717) is 5.57 Å². The summed E-state index contributed by atoms with van der Waals surface area (Å²) in [6, 6.07) is 12.2. The molecule has 0 saturated heterocycles. The Morgan fingerprint density at radius 1 is 1.26 bits per heavy atom. The number of rotatable bonds is 3. The van der Waals surface area contributed by atoms with Crippen molar-refractivity contribution < 1.29 is 9.53 Å².